The third-order valence-corrected chi connectivity index (χ3v) is 7.23. The van der Waals surface area contributed by atoms with E-state index in [0.29, 0.717) is 31.2 Å². The van der Waals surface area contributed by atoms with Gasteiger partial charge in [-0.3, -0.25) is 4.79 Å². The van der Waals surface area contributed by atoms with E-state index in [2.05, 4.69) is 16.0 Å². The molecule has 41 heavy (non-hydrogen) atoms. The van der Waals surface area contributed by atoms with Crippen molar-refractivity contribution in [2.75, 3.05) is 18.9 Å². The van der Waals surface area contributed by atoms with E-state index < -0.39 is 5.60 Å². The highest BCUT2D eigenvalue weighted by Crippen LogP contribution is 2.35. The second-order valence-electron chi connectivity index (χ2n) is 10.6. The Morgan fingerprint density at radius 2 is 1.88 bits per heavy atom. The van der Waals surface area contributed by atoms with Gasteiger partial charge in [0.1, 0.15) is 40.9 Å². The number of nitrogens with zero attached hydrogens (tertiary/aromatic N) is 5. The standard InChI is InChI=1S/C32H34N6O3/c1-4-40-32(2,3)17-23(18-33)31(39)38-16-8-9-24(38)19-37-20-27(28-29(34)35-21-36-30(28)37)22-12-14-26(15-13-22)41-25-10-6-5-7-11-25/h5-7,10-15,17,20-21,24H,4,8-9,16,19H2,1-3H3,(H2,34,35,36)/t24-/m1/s1. The van der Waals surface area contributed by atoms with Crippen LogP contribution in [0.1, 0.15) is 33.6 Å². The quantitative estimate of drug-likeness (QED) is 0.209. The van der Waals surface area contributed by atoms with E-state index >= 15 is 0 Å². The first-order valence-corrected chi connectivity index (χ1v) is 13.8. The largest absolute Gasteiger partial charge is 0.457 e. The third-order valence-electron chi connectivity index (χ3n) is 7.23. The van der Waals surface area contributed by atoms with E-state index in [9.17, 15) is 10.1 Å². The molecule has 1 fully saturated rings. The van der Waals surface area contributed by atoms with Crippen molar-refractivity contribution >= 4 is 22.8 Å². The van der Waals surface area contributed by atoms with Gasteiger partial charge in [-0.1, -0.05) is 30.3 Å². The predicted molar refractivity (Wildman–Crippen MR) is 158 cm³/mol. The molecule has 9 nitrogen and oxygen atoms in total. The maximum Gasteiger partial charge on any atom is 0.264 e. The number of fused-ring (bicyclic) bond motifs is 1. The lowest BCUT2D eigenvalue weighted by Gasteiger charge is -2.26. The molecule has 1 amide bonds. The summed E-state index contributed by atoms with van der Waals surface area (Å²) < 4.78 is 13.7. The van der Waals surface area contributed by atoms with Gasteiger partial charge in [0.2, 0.25) is 0 Å². The summed E-state index contributed by atoms with van der Waals surface area (Å²) in [6, 6.07) is 19.4. The average molecular weight is 551 g/mol. The van der Waals surface area contributed by atoms with E-state index in [1.54, 1.807) is 11.0 Å². The fourth-order valence-corrected chi connectivity index (χ4v) is 5.41. The summed E-state index contributed by atoms with van der Waals surface area (Å²) in [6.45, 7) is 7.17. The maximum absolute atomic E-state index is 13.5. The zero-order chi connectivity index (χ0) is 29.0. The smallest absolute Gasteiger partial charge is 0.264 e. The first-order chi connectivity index (χ1) is 19.8. The summed E-state index contributed by atoms with van der Waals surface area (Å²) in [5, 5.41) is 10.6. The van der Waals surface area contributed by atoms with Crippen LogP contribution in [0.2, 0.25) is 0 Å². The number of anilines is 1. The SMILES string of the molecule is CCOC(C)(C)C=C(C#N)C(=O)N1CCC[C@@H]1Cn1cc(-c2ccc(Oc3ccccc3)cc2)c2c(N)ncnc21. The molecule has 1 aliphatic heterocycles. The van der Waals surface area contributed by atoms with Crippen LogP contribution in [0, 0.1) is 11.3 Å². The Bertz CT molecular complexity index is 1600. The van der Waals surface area contributed by atoms with Gasteiger partial charge in [0.15, 0.2) is 0 Å². The number of carbonyl (C=O) groups excluding carboxylic acids is 1. The van der Waals surface area contributed by atoms with Crippen molar-refractivity contribution in [3.63, 3.8) is 0 Å². The zero-order valence-corrected chi connectivity index (χ0v) is 23.6. The number of para-hydroxylation sites is 1. The maximum atomic E-state index is 13.5. The highest BCUT2D eigenvalue weighted by molar-refractivity contribution is 6.01. The van der Waals surface area contributed by atoms with Crippen LogP contribution < -0.4 is 10.5 Å². The molecule has 0 radical (unpaired) electrons. The van der Waals surface area contributed by atoms with Crippen molar-refractivity contribution in [3.05, 3.63) is 78.8 Å². The van der Waals surface area contributed by atoms with E-state index in [4.69, 9.17) is 15.2 Å². The molecule has 4 aromatic rings. The first-order valence-electron chi connectivity index (χ1n) is 13.8. The first kappa shape index (κ1) is 27.9. The van der Waals surface area contributed by atoms with Crippen molar-refractivity contribution in [2.24, 2.45) is 0 Å². The van der Waals surface area contributed by atoms with Gasteiger partial charge < -0.3 is 24.7 Å². The Kier molecular flexibility index (Phi) is 8.04. The molecule has 9 heteroatoms. The molecule has 1 atom stereocenters. The van der Waals surface area contributed by atoms with E-state index in [-0.39, 0.29) is 17.5 Å². The van der Waals surface area contributed by atoms with Crippen LogP contribution in [0.4, 0.5) is 5.82 Å². The molecule has 3 heterocycles. The molecule has 0 aliphatic carbocycles. The van der Waals surface area contributed by atoms with Crippen molar-refractivity contribution in [1.29, 1.82) is 5.26 Å². The van der Waals surface area contributed by atoms with Gasteiger partial charge >= 0.3 is 0 Å². The minimum Gasteiger partial charge on any atom is -0.457 e. The number of nitrogen functional groups attached to an aromatic ring is 1. The molecular formula is C32H34N6O3. The number of rotatable bonds is 9. The number of amides is 1. The fourth-order valence-electron chi connectivity index (χ4n) is 5.41. The van der Waals surface area contributed by atoms with Crippen molar-refractivity contribution in [2.45, 2.75) is 51.8 Å². The molecule has 2 aromatic heterocycles. The number of aromatic nitrogens is 3. The molecule has 0 unspecified atom stereocenters. The van der Waals surface area contributed by atoms with E-state index in [1.807, 2.05) is 86.1 Å². The van der Waals surface area contributed by atoms with Gasteiger partial charge in [-0.2, -0.15) is 5.26 Å². The molecule has 2 N–H and O–H groups in total. The van der Waals surface area contributed by atoms with Crippen LogP contribution in [0.25, 0.3) is 22.2 Å². The molecule has 1 saturated heterocycles. The minimum atomic E-state index is -0.716. The van der Waals surface area contributed by atoms with Gasteiger partial charge in [-0.05, 0) is 69.5 Å². The van der Waals surface area contributed by atoms with Crippen LogP contribution >= 0.6 is 0 Å². The van der Waals surface area contributed by atoms with Gasteiger partial charge in [0, 0.05) is 31.5 Å². The zero-order valence-electron chi connectivity index (χ0n) is 23.6. The Morgan fingerprint density at radius 1 is 1.15 bits per heavy atom. The summed E-state index contributed by atoms with van der Waals surface area (Å²) in [7, 11) is 0. The topological polar surface area (TPSA) is 119 Å². The molecule has 5 rings (SSSR count). The van der Waals surface area contributed by atoms with Crippen LogP contribution in [0.3, 0.4) is 0 Å². The number of carbonyl (C=O) groups is 1. The fraction of sp³-hybridized carbons (Fsp3) is 0.312. The van der Waals surface area contributed by atoms with Crippen LogP contribution in [0.15, 0.2) is 78.8 Å². The van der Waals surface area contributed by atoms with Crippen LogP contribution in [-0.2, 0) is 16.1 Å². The highest BCUT2D eigenvalue weighted by Gasteiger charge is 2.32. The monoisotopic (exact) mass is 550 g/mol. The molecule has 2 aromatic carbocycles. The Labute approximate surface area is 239 Å². The predicted octanol–water partition coefficient (Wildman–Crippen LogP) is 5.73. The number of nitriles is 1. The summed E-state index contributed by atoms with van der Waals surface area (Å²) in [6.07, 6.45) is 6.77. The summed E-state index contributed by atoms with van der Waals surface area (Å²) >= 11 is 0. The van der Waals surface area contributed by atoms with Gasteiger partial charge in [0.05, 0.1) is 17.0 Å². The van der Waals surface area contributed by atoms with Gasteiger partial charge in [-0.25, -0.2) is 9.97 Å². The van der Waals surface area contributed by atoms with Gasteiger partial charge in [0.25, 0.3) is 5.91 Å². The molecule has 0 spiro atoms. The third kappa shape index (κ3) is 6.08. The van der Waals surface area contributed by atoms with Crippen molar-refractivity contribution in [1.82, 2.24) is 19.4 Å². The van der Waals surface area contributed by atoms with Crippen molar-refractivity contribution in [3.8, 4) is 28.7 Å². The van der Waals surface area contributed by atoms with Gasteiger partial charge in [-0.15, -0.1) is 0 Å². The van der Waals surface area contributed by atoms with Crippen LogP contribution in [-0.4, -0.2) is 50.1 Å². The lowest BCUT2D eigenvalue weighted by Crippen LogP contribution is -2.39. The molecule has 0 saturated carbocycles. The molecule has 1 aliphatic rings. The number of hydrogen-bond donors (Lipinski definition) is 1. The van der Waals surface area contributed by atoms with E-state index in [0.717, 1.165) is 40.9 Å². The normalized spacial score (nSPS) is 15.7. The summed E-state index contributed by atoms with van der Waals surface area (Å²) in [5.41, 5.74) is 8.28. The summed E-state index contributed by atoms with van der Waals surface area (Å²) in [4.78, 5) is 24.1. The second-order valence-corrected chi connectivity index (χ2v) is 10.6. The number of ether oxygens (including phenoxy) is 2. The van der Waals surface area contributed by atoms with Crippen LogP contribution in [0.5, 0.6) is 11.5 Å². The number of hydrogen-bond acceptors (Lipinski definition) is 7. The Morgan fingerprint density at radius 3 is 2.59 bits per heavy atom. The lowest BCUT2D eigenvalue weighted by molar-refractivity contribution is -0.127. The average Bonchev–Trinajstić information content (AvgIpc) is 3.58. The lowest BCUT2D eigenvalue weighted by atomic mass is 10.0. The number of nitrogens with two attached hydrogens (primary N) is 1. The molecule has 0 bridgehead atoms. The molecule has 210 valence electrons. The Balaban J connectivity index is 1.42. The minimum absolute atomic E-state index is 0.0952. The Hall–Kier alpha value is -4.68. The molecular weight excluding hydrogens is 516 g/mol. The number of likely N-dealkylation sites (tertiary alicyclic amines) is 1. The highest BCUT2D eigenvalue weighted by atomic mass is 16.5. The number of benzene rings is 2. The summed E-state index contributed by atoms with van der Waals surface area (Å²) in [5.74, 6) is 1.60. The second kappa shape index (κ2) is 11.8. The van der Waals surface area contributed by atoms with E-state index in [1.165, 1.54) is 6.33 Å². The van der Waals surface area contributed by atoms with Crippen molar-refractivity contribution < 1.29 is 14.3 Å².